The summed E-state index contributed by atoms with van der Waals surface area (Å²) >= 11 is 0. The Morgan fingerprint density at radius 3 is 2.32 bits per heavy atom. The SMILES string of the molecule is Cc1oc(C(=O)O)cc1S(=O)(=O)N(C)CC(C)(C)C. The minimum Gasteiger partial charge on any atom is -0.475 e. The second-order valence-corrected chi connectivity index (χ2v) is 7.67. The predicted molar refractivity (Wildman–Crippen MR) is 69.7 cm³/mol. The summed E-state index contributed by atoms with van der Waals surface area (Å²) in [5, 5.41) is 8.81. The maximum atomic E-state index is 12.3. The standard InChI is InChI=1S/C12H19NO5S/c1-8-10(6-9(18-8)11(14)15)19(16,17)13(5)7-12(2,3)4/h6H,7H2,1-5H3,(H,14,15). The van der Waals surface area contributed by atoms with Gasteiger partial charge in [-0.05, 0) is 12.3 Å². The lowest BCUT2D eigenvalue weighted by Gasteiger charge is -2.25. The van der Waals surface area contributed by atoms with Crippen molar-refractivity contribution in [1.82, 2.24) is 4.31 Å². The number of aromatic carboxylic acids is 1. The lowest BCUT2D eigenvalue weighted by molar-refractivity contribution is 0.0661. The molecule has 0 fully saturated rings. The van der Waals surface area contributed by atoms with Gasteiger partial charge in [0.1, 0.15) is 10.7 Å². The molecule has 0 unspecified atom stereocenters. The van der Waals surface area contributed by atoms with Crippen molar-refractivity contribution < 1.29 is 22.7 Å². The number of carboxylic acids is 1. The summed E-state index contributed by atoms with van der Waals surface area (Å²) in [5.41, 5.74) is -0.199. The second kappa shape index (κ2) is 4.97. The smallest absolute Gasteiger partial charge is 0.371 e. The van der Waals surface area contributed by atoms with E-state index in [-0.39, 0.29) is 21.8 Å². The van der Waals surface area contributed by atoms with Crippen LogP contribution in [0.15, 0.2) is 15.4 Å². The van der Waals surface area contributed by atoms with E-state index in [1.807, 2.05) is 20.8 Å². The van der Waals surface area contributed by atoms with Crippen LogP contribution in [0.1, 0.15) is 37.1 Å². The van der Waals surface area contributed by atoms with Gasteiger partial charge in [-0.2, -0.15) is 0 Å². The summed E-state index contributed by atoms with van der Waals surface area (Å²) in [7, 11) is -2.27. The highest BCUT2D eigenvalue weighted by Crippen LogP contribution is 2.25. The summed E-state index contributed by atoms with van der Waals surface area (Å²) < 4.78 is 30.8. The molecule has 0 radical (unpaired) electrons. The van der Waals surface area contributed by atoms with Gasteiger partial charge >= 0.3 is 5.97 Å². The summed E-state index contributed by atoms with van der Waals surface area (Å²) in [6, 6.07) is 1.05. The average Bonchev–Trinajstić information content (AvgIpc) is 2.58. The molecule has 0 aliphatic rings. The molecule has 1 N–H and O–H groups in total. The van der Waals surface area contributed by atoms with E-state index >= 15 is 0 Å². The van der Waals surface area contributed by atoms with Crippen LogP contribution in [-0.2, 0) is 10.0 Å². The molecule has 19 heavy (non-hydrogen) atoms. The molecule has 0 spiro atoms. The van der Waals surface area contributed by atoms with Gasteiger partial charge in [0, 0.05) is 19.7 Å². The van der Waals surface area contributed by atoms with Crippen LogP contribution in [0, 0.1) is 12.3 Å². The molecular formula is C12H19NO5S. The minimum absolute atomic E-state index is 0.0816. The van der Waals surface area contributed by atoms with Crippen molar-refractivity contribution in [1.29, 1.82) is 0 Å². The van der Waals surface area contributed by atoms with E-state index in [1.54, 1.807) is 0 Å². The van der Waals surface area contributed by atoms with Crippen molar-refractivity contribution in [3.8, 4) is 0 Å². The zero-order chi connectivity index (χ0) is 15.0. The second-order valence-electron chi connectivity index (χ2n) is 5.66. The molecule has 0 atom stereocenters. The Kier molecular flexibility index (Phi) is 4.11. The maximum absolute atomic E-state index is 12.3. The van der Waals surface area contributed by atoms with E-state index in [9.17, 15) is 13.2 Å². The van der Waals surface area contributed by atoms with E-state index in [0.717, 1.165) is 6.07 Å². The summed E-state index contributed by atoms with van der Waals surface area (Å²) in [4.78, 5) is 10.7. The molecule has 108 valence electrons. The van der Waals surface area contributed by atoms with Gasteiger partial charge in [0.15, 0.2) is 0 Å². The van der Waals surface area contributed by atoms with E-state index < -0.39 is 16.0 Å². The maximum Gasteiger partial charge on any atom is 0.371 e. The van der Waals surface area contributed by atoms with Crippen molar-refractivity contribution in [3.63, 3.8) is 0 Å². The Hall–Kier alpha value is -1.34. The third-order valence-electron chi connectivity index (χ3n) is 2.47. The molecule has 0 saturated heterocycles. The van der Waals surface area contributed by atoms with Crippen molar-refractivity contribution in [2.45, 2.75) is 32.6 Å². The van der Waals surface area contributed by atoms with Gasteiger partial charge < -0.3 is 9.52 Å². The highest BCUT2D eigenvalue weighted by molar-refractivity contribution is 7.89. The molecule has 0 aliphatic heterocycles. The number of nitrogens with zero attached hydrogens (tertiary/aromatic N) is 1. The fourth-order valence-corrected chi connectivity index (χ4v) is 3.30. The van der Waals surface area contributed by atoms with Crippen LogP contribution in [0.4, 0.5) is 0 Å². The first-order chi connectivity index (χ1) is 8.45. The molecule has 0 bridgehead atoms. The molecule has 0 aliphatic carbocycles. The predicted octanol–water partition coefficient (Wildman–Crippen LogP) is 1.95. The van der Waals surface area contributed by atoms with Gasteiger partial charge in [-0.1, -0.05) is 20.8 Å². The molecule has 1 rings (SSSR count). The highest BCUT2D eigenvalue weighted by Gasteiger charge is 2.30. The van der Waals surface area contributed by atoms with Gasteiger partial charge in [-0.15, -0.1) is 0 Å². The quantitative estimate of drug-likeness (QED) is 0.915. The third-order valence-corrected chi connectivity index (χ3v) is 4.38. The first-order valence-corrected chi connectivity index (χ1v) is 7.19. The number of hydrogen-bond donors (Lipinski definition) is 1. The van der Waals surface area contributed by atoms with Crippen molar-refractivity contribution in [2.75, 3.05) is 13.6 Å². The molecule has 1 aromatic heterocycles. The normalized spacial score (nSPS) is 12.9. The molecule has 7 heteroatoms. The van der Waals surface area contributed by atoms with Crippen LogP contribution < -0.4 is 0 Å². The topological polar surface area (TPSA) is 87.8 Å². The molecule has 1 aromatic rings. The highest BCUT2D eigenvalue weighted by atomic mass is 32.2. The Morgan fingerprint density at radius 1 is 1.42 bits per heavy atom. The van der Waals surface area contributed by atoms with Crippen LogP contribution >= 0.6 is 0 Å². The number of hydrogen-bond acceptors (Lipinski definition) is 4. The van der Waals surface area contributed by atoms with E-state index in [2.05, 4.69) is 0 Å². The largest absolute Gasteiger partial charge is 0.475 e. The van der Waals surface area contributed by atoms with Gasteiger partial charge in [0.05, 0.1) is 0 Å². The number of carboxylic acid groups (broad SMARTS) is 1. The fourth-order valence-electron chi connectivity index (χ4n) is 1.75. The molecule has 0 amide bonds. The Morgan fingerprint density at radius 2 is 1.95 bits per heavy atom. The van der Waals surface area contributed by atoms with E-state index in [0.29, 0.717) is 6.54 Å². The fraction of sp³-hybridized carbons (Fsp3) is 0.583. The van der Waals surface area contributed by atoms with Crippen LogP contribution in [-0.4, -0.2) is 37.4 Å². The Balaban J connectivity index is 3.17. The molecular weight excluding hydrogens is 270 g/mol. The van der Waals surface area contributed by atoms with E-state index in [1.165, 1.54) is 18.3 Å². The summed E-state index contributed by atoms with van der Waals surface area (Å²) in [6.45, 7) is 7.52. The van der Waals surface area contributed by atoms with Gasteiger partial charge in [-0.25, -0.2) is 17.5 Å². The van der Waals surface area contributed by atoms with E-state index in [4.69, 9.17) is 9.52 Å². The number of sulfonamides is 1. The van der Waals surface area contributed by atoms with Crippen LogP contribution in [0.2, 0.25) is 0 Å². The van der Waals surface area contributed by atoms with Crippen LogP contribution in [0.3, 0.4) is 0 Å². The zero-order valence-corrected chi connectivity index (χ0v) is 12.5. The molecule has 0 saturated carbocycles. The molecule has 6 nitrogen and oxygen atoms in total. The lowest BCUT2D eigenvalue weighted by Crippen LogP contribution is -2.34. The Labute approximate surface area is 113 Å². The number of carbonyl (C=O) groups is 1. The van der Waals surface area contributed by atoms with Crippen molar-refractivity contribution >= 4 is 16.0 Å². The summed E-state index contributed by atoms with van der Waals surface area (Å²) in [6.07, 6.45) is 0. The van der Waals surface area contributed by atoms with Gasteiger partial charge in [-0.3, -0.25) is 0 Å². The van der Waals surface area contributed by atoms with Crippen LogP contribution in [0.25, 0.3) is 0 Å². The van der Waals surface area contributed by atoms with Crippen molar-refractivity contribution in [3.05, 3.63) is 17.6 Å². The summed E-state index contributed by atoms with van der Waals surface area (Å²) in [5.74, 6) is -1.58. The first-order valence-electron chi connectivity index (χ1n) is 5.75. The van der Waals surface area contributed by atoms with Crippen molar-refractivity contribution in [2.24, 2.45) is 5.41 Å². The van der Waals surface area contributed by atoms with Gasteiger partial charge in [0.2, 0.25) is 15.8 Å². The molecule has 0 aromatic carbocycles. The third kappa shape index (κ3) is 3.57. The minimum atomic E-state index is -3.74. The average molecular weight is 289 g/mol. The monoisotopic (exact) mass is 289 g/mol. The number of rotatable bonds is 4. The van der Waals surface area contributed by atoms with Crippen LogP contribution in [0.5, 0.6) is 0 Å². The van der Waals surface area contributed by atoms with Gasteiger partial charge in [0.25, 0.3) is 0 Å². The Bertz CT molecular complexity index is 580. The first kappa shape index (κ1) is 15.7. The molecule has 1 heterocycles. The zero-order valence-electron chi connectivity index (χ0n) is 11.7. The number of aryl methyl sites for hydroxylation is 1. The number of furan rings is 1. The lowest BCUT2D eigenvalue weighted by atomic mass is 9.97.